The van der Waals surface area contributed by atoms with Crippen LogP contribution in [0.25, 0.3) is 0 Å². The second-order valence-electron chi connectivity index (χ2n) is 5.52. The molecule has 2 aromatic rings. The van der Waals surface area contributed by atoms with Crippen molar-refractivity contribution >= 4 is 5.69 Å². The first-order valence-electron chi connectivity index (χ1n) is 6.94. The zero-order chi connectivity index (χ0) is 14.9. The maximum atomic E-state index is 13.2. The molecule has 0 saturated carbocycles. The van der Waals surface area contributed by atoms with Crippen LogP contribution < -0.4 is 5.32 Å². The van der Waals surface area contributed by atoms with Crippen LogP contribution in [0.4, 0.5) is 10.1 Å². The van der Waals surface area contributed by atoms with Gasteiger partial charge >= 0.3 is 0 Å². The highest BCUT2D eigenvalue weighted by molar-refractivity contribution is 5.52. The lowest BCUT2D eigenvalue weighted by atomic mass is 10.1. The zero-order valence-electron chi connectivity index (χ0n) is 12.8. The first kappa shape index (κ1) is 14.6. The van der Waals surface area contributed by atoms with Crippen LogP contribution in [0.5, 0.6) is 0 Å². The molecule has 20 heavy (non-hydrogen) atoms. The summed E-state index contributed by atoms with van der Waals surface area (Å²) < 4.78 is 15.3. The van der Waals surface area contributed by atoms with Gasteiger partial charge in [0.05, 0.1) is 17.1 Å². The molecule has 0 unspecified atom stereocenters. The van der Waals surface area contributed by atoms with Crippen LogP contribution >= 0.6 is 0 Å². The van der Waals surface area contributed by atoms with Crippen molar-refractivity contribution in [1.29, 1.82) is 0 Å². The Hall–Kier alpha value is -1.84. The molecule has 108 valence electrons. The fourth-order valence-corrected chi connectivity index (χ4v) is 2.43. The number of nitrogens with one attached hydrogen (secondary N) is 1. The van der Waals surface area contributed by atoms with Crippen molar-refractivity contribution in [2.45, 2.75) is 47.2 Å². The Morgan fingerprint density at radius 2 is 1.95 bits per heavy atom. The van der Waals surface area contributed by atoms with E-state index < -0.39 is 0 Å². The Balaban J connectivity index is 2.16. The number of anilines is 1. The molecular weight excluding hydrogens is 253 g/mol. The number of aryl methyl sites for hydroxylation is 2. The Morgan fingerprint density at radius 3 is 2.50 bits per heavy atom. The van der Waals surface area contributed by atoms with Gasteiger partial charge in [0.2, 0.25) is 0 Å². The standard InChI is InChI=1S/C16H22FN3/c1-10(2)20-13(5)16(12(4)19-20)18-9-14-6-7-15(17)11(3)8-14/h6-8,10,18H,9H2,1-5H3. The molecule has 0 bridgehead atoms. The van der Waals surface area contributed by atoms with Gasteiger partial charge in [-0.1, -0.05) is 12.1 Å². The van der Waals surface area contributed by atoms with Gasteiger partial charge < -0.3 is 5.32 Å². The molecule has 0 aliphatic rings. The van der Waals surface area contributed by atoms with Gasteiger partial charge in [0.15, 0.2) is 0 Å². The quantitative estimate of drug-likeness (QED) is 0.908. The van der Waals surface area contributed by atoms with Crippen molar-refractivity contribution < 1.29 is 4.39 Å². The summed E-state index contributed by atoms with van der Waals surface area (Å²) in [7, 11) is 0. The number of rotatable bonds is 4. The van der Waals surface area contributed by atoms with Crippen LogP contribution in [0.2, 0.25) is 0 Å². The molecule has 1 aromatic carbocycles. The summed E-state index contributed by atoms with van der Waals surface area (Å²) in [5.41, 5.74) is 4.95. The fourth-order valence-electron chi connectivity index (χ4n) is 2.43. The number of aromatic nitrogens is 2. The maximum absolute atomic E-state index is 13.2. The number of halogens is 1. The fraction of sp³-hybridized carbons (Fsp3) is 0.438. The third-order valence-corrected chi connectivity index (χ3v) is 3.51. The summed E-state index contributed by atoms with van der Waals surface area (Å²) >= 11 is 0. The predicted octanol–water partition coefficient (Wildman–Crippen LogP) is 4.14. The second-order valence-corrected chi connectivity index (χ2v) is 5.52. The zero-order valence-corrected chi connectivity index (χ0v) is 12.8. The Bertz CT molecular complexity index is 614. The van der Waals surface area contributed by atoms with Gasteiger partial charge in [0, 0.05) is 12.6 Å². The molecule has 0 aliphatic heterocycles. The maximum Gasteiger partial charge on any atom is 0.126 e. The number of benzene rings is 1. The minimum Gasteiger partial charge on any atom is -0.378 e. The molecule has 0 radical (unpaired) electrons. The minimum absolute atomic E-state index is 0.159. The molecule has 0 spiro atoms. The molecule has 1 N–H and O–H groups in total. The van der Waals surface area contributed by atoms with Gasteiger partial charge in [-0.25, -0.2) is 4.39 Å². The van der Waals surface area contributed by atoms with Crippen molar-refractivity contribution in [2.75, 3.05) is 5.32 Å². The van der Waals surface area contributed by atoms with Crippen LogP contribution in [0, 0.1) is 26.6 Å². The van der Waals surface area contributed by atoms with Gasteiger partial charge in [-0.2, -0.15) is 5.10 Å². The van der Waals surface area contributed by atoms with E-state index in [1.165, 1.54) is 6.07 Å². The first-order chi connectivity index (χ1) is 9.40. The topological polar surface area (TPSA) is 29.9 Å². The molecule has 4 heteroatoms. The third kappa shape index (κ3) is 2.84. The second kappa shape index (κ2) is 5.65. The highest BCUT2D eigenvalue weighted by Crippen LogP contribution is 2.23. The molecule has 0 saturated heterocycles. The van der Waals surface area contributed by atoms with Gasteiger partial charge in [-0.15, -0.1) is 0 Å². The van der Waals surface area contributed by atoms with E-state index in [1.54, 1.807) is 6.92 Å². The highest BCUT2D eigenvalue weighted by Gasteiger charge is 2.13. The van der Waals surface area contributed by atoms with Crippen molar-refractivity contribution in [3.8, 4) is 0 Å². The van der Waals surface area contributed by atoms with Crippen LogP contribution in [0.1, 0.15) is 42.4 Å². The lowest BCUT2D eigenvalue weighted by Crippen LogP contribution is -2.06. The van der Waals surface area contributed by atoms with Crippen molar-refractivity contribution in [3.63, 3.8) is 0 Å². The van der Waals surface area contributed by atoms with Gasteiger partial charge in [-0.05, 0) is 51.8 Å². The average molecular weight is 275 g/mol. The van der Waals surface area contributed by atoms with Crippen LogP contribution in [-0.2, 0) is 6.54 Å². The normalized spacial score (nSPS) is 11.2. The Kier molecular flexibility index (Phi) is 4.12. The van der Waals surface area contributed by atoms with E-state index in [0.717, 1.165) is 22.6 Å². The Labute approximate surface area is 119 Å². The van der Waals surface area contributed by atoms with Crippen LogP contribution in [0.15, 0.2) is 18.2 Å². The molecule has 2 rings (SSSR count). The summed E-state index contributed by atoms with van der Waals surface area (Å²) in [6.45, 7) is 10.8. The molecule has 0 fully saturated rings. The van der Waals surface area contributed by atoms with Gasteiger partial charge in [0.25, 0.3) is 0 Å². The number of hydrogen-bond acceptors (Lipinski definition) is 2. The van der Waals surface area contributed by atoms with Gasteiger partial charge in [-0.3, -0.25) is 4.68 Å². The van der Waals surface area contributed by atoms with E-state index in [0.29, 0.717) is 18.2 Å². The number of hydrogen-bond donors (Lipinski definition) is 1. The molecule has 3 nitrogen and oxygen atoms in total. The first-order valence-corrected chi connectivity index (χ1v) is 6.94. The molecule has 0 aliphatic carbocycles. The van der Waals surface area contributed by atoms with E-state index in [4.69, 9.17) is 0 Å². The van der Waals surface area contributed by atoms with Crippen LogP contribution in [0.3, 0.4) is 0 Å². The molecule has 1 heterocycles. The molecule has 0 amide bonds. The monoisotopic (exact) mass is 275 g/mol. The summed E-state index contributed by atoms with van der Waals surface area (Å²) in [5.74, 6) is -0.159. The van der Waals surface area contributed by atoms with Crippen LogP contribution in [-0.4, -0.2) is 9.78 Å². The summed E-state index contributed by atoms with van der Waals surface area (Å²) in [4.78, 5) is 0. The minimum atomic E-state index is -0.159. The van der Waals surface area contributed by atoms with E-state index >= 15 is 0 Å². The van der Waals surface area contributed by atoms with Crippen molar-refractivity contribution in [1.82, 2.24) is 9.78 Å². The van der Waals surface area contributed by atoms with Gasteiger partial charge in [0.1, 0.15) is 5.82 Å². The SMILES string of the molecule is Cc1cc(CNc2c(C)nn(C(C)C)c2C)ccc1F. The third-order valence-electron chi connectivity index (χ3n) is 3.51. The highest BCUT2D eigenvalue weighted by atomic mass is 19.1. The average Bonchev–Trinajstić information content (AvgIpc) is 2.67. The largest absolute Gasteiger partial charge is 0.378 e. The van der Waals surface area contributed by atoms with E-state index in [9.17, 15) is 4.39 Å². The Morgan fingerprint density at radius 1 is 1.25 bits per heavy atom. The lowest BCUT2D eigenvalue weighted by molar-refractivity contribution is 0.516. The van der Waals surface area contributed by atoms with E-state index in [1.807, 2.05) is 23.7 Å². The van der Waals surface area contributed by atoms with Crippen molar-refractivity contribution in [3.05, 3.63) is 46.5 Å². The molecule has 0 atom stereocenters. The predicted molar refractivity (Wildman–Crippen MR) is 80.5 cm³/mol. The van der Waals surface area contributed by atoms with Crippen molar-refractivity contribution in [2.24, 2.45) is 0 Å². The van der Waals surface area contributed by atoms with E-state index in [2.05, 4.69) is 31.2 Å². The summed E-state index contributed by atoms with van der Waals surface area (Å²) in [6.07, 6.45) is 0. The van der Waals surface area contributed by atoms with E-state index in [-0.39, 0.29) is 5.82 Å². The smallest absolute Gasteiger partial charge is 0.126 e. The number of nitrogens with zero attached hydrogens (tertiary/aromatic N) is 2. The summed E-state index contributed by atoms with van der Waals surface area (Å²) in [5, 5.41) is 7.96. The lowest BCUT2D eigenvalue weighted by Gasteiger charge is -2.10. The summed E-state index contributed by atoms with van der Waals surface area (Å²) in [6, 6.07) is 5.55. The molecular formula is C16H22FN3. The molecule has 1 aromatic heterocycles.